The molecule has 2 rings (SSSR count). The highest BCUT2D eigenvalue weighted by Crippen LogP contribution is 2.13. The summed E-state index contributed by atoms with van der Waals surface area (Å²) in [4.78, 5) is 26.9. The van der Waals surface area contributed by atoms with Crippen LogP contribution in [0.4, 0.5) is 5.95 Å². The van der Waals surface area contributed by atoms with Gasteiger partial charge in [0.1, 0.15) is 6.54 Å². The standard InChI is InChI=1S/C10H13N5O3/c1-5-6(2)12-9(11-3)15-8(5)13-14(10(15)18)4-7(16)17/h4H2,1-3H3,(H,11,12)(H,16,17). The Labute approximate surface area is 102 Å². The second kappa shape index (κ2) is 4.13. The van der Waals surface area contributed by atoms with Crippen molar-refractivity contribution in [1.82, 2.24) is 19.2 Å². The van der Waals surface area contributed by atoms with Crippen molar-refractivity contribution in [1.29, 1.82) is 0 Å². The number of rotatable bonds is 3. The number of aromatic nitrogens is 4. The molecule has 0 amide bonds. The molecule has 0 bridgehead atoms. The molecule has 8 nitrogen and oxygen atoms in total. The van der Waals surface area contributed by atoms with Crippen LogP contribution in [0, 0.1) is 13.8 Å². The molecule has 0 aliphatic carbocycles. The van der Waals surface area contributed by atoms with Crippen LogP contribution in [0.5, 0.6) is 0 Å². The van der Waals surface area contributed by atoms with Gasteiger partial charge in [-0.15, -0.1) is 5.10 Å². The molecule has 0 spiro atoms. The lowest BCUT2D eigenvalue weighted by atomic mass is 10.2. The third-order valence-corrected chi connectivity index (χ3v) is 2.71. The number of hydrogen-bond donors (Lipinski definition) is 2. The fourth-order valence-electron chi connectivity index (χ4n) is 1.69. The summed E-state index contributed by atoms with van der Waals surface area (Å²) < 4.78 is 2.18. The van der Waals surface area contributed by atoms with Crippen LogP contribution in [0.1, 0.15) is 11.3 Å². The zero-order chi connectivity index (χ0) is 13.4. The maximum Gasteiger partial charge on any atom is 0.353 e. The van der Waals surface area contributed by atoms with E-state index >= 15 is 0 Å². The Morgan fingerprint density at radius 3 is 2.67 bits per heavy atom. The summed E-state index contributed by atoms with van der Waals surface area (Å²) in [5, 5.41) is 15.6. The molecule has 2 N–H and O–H groups in total. The molecule has 0 aliphatic heterocycles. The van der Waals surface area contributed by atoms with E-state index in [0.717, 1.165) is 15.9 Å². The summed E-state index contributed by atoms with van der Waals surface area (Å²) in [5.41, 5.74) is 1.38. The van der Waals surface area contributed by atoms with Crippen molar-refractivity contribution in [3.05, 3.63) is 21.7 Å². The first-order chi connectivity index (χ1) is 8.45. The van der Waals surface area contributed by atoms with Gasteiger partial charge in [0.05, 0.1) is 0 Å². The van der Waals surface area contributed by atoms with Crippen LogP contribution < -0.4 is 11.0 Å². The second-order valence-electron chi connectivity index (χ2n) is 3.89. The third kappa shape index (κ3) is 1.71. The average Bonchev–Trinajstić information content (AvgIpc) is 2.62. The molecule has 0 fully saturated rings. The number of carbonyl (C=O) groups is 1. The van der Waals surface area contributed by atoms with Gasteiger partial charge < -0.3 is 10.4 Å². The molecule has 0 atom stereocenters. The first kappa shape index (κ1) is 12.1. The number of nitrogens with zero attached hydrogens (tertiary/aromatic N) is 4. The largest absolute Gasteiger partial charge is 0.480 e. The fourth-order valence-corrected chi connectivity index (χ4v) is 1.69. The summed E-state index contributed by atoms with van der Waals surface area (Å²) in [7, 11) is 1.64. The van der Waals surface area contributed by atoms with Gasteiger partial charge in [-0.2, -0.15) is 0 Å². The molecule has 2 aromatic heterocycles. The van der Waals surface area contributed by atoms with E-state index < -0.39 is 18.2 Å². The van der Waals surface area contributed by atoms with E-state index in [0.29, 0.717) is 11.6 Å². The molecule has 18 heavy (non-hydrogen) atoms. The lowest BCUT2D eigenvalue weighted by Gasteiger charge is -2.05. The van der Waals surface area contributed by atoms with Crippen LogP contribution in [0.15, 0.2) is 4.79 Å². The molecule has 0 aromatic carbocycles. The van der Waals surface area contributed by atoms with Crippen molar-refractivity contribution in [3.63, 3.8) is 0 Å². The lowest BCUT2D eigenvalue weighted by molar-refractivity contribution is -0.137. The molecule has 0 saturated carbocycles. The molecule has 0 radical (unpaired) electrons. The van der Waals surface area contributed by atoms with Gasteiger partial charge in [0, 0.05) is 18.3 Å². The van der Waals surface area contributed by atoms with Crippen LogP contribution in [-0.2, 0) is 11.3 Å². The summed E-state index contributed by atoms with van der Waals surface area (Å²) >= 11 is 0. The number of carboxylic acids is 1. The summed E-state index contributed by atoms with van der Waals surface area (Å²) in [6.45, 7) is 3.12. The minimum absolute atomic E-state index is 0.342. The number of nitrogens with one attached hydrogen (secondary N) is 1. The van der Waals surface area contributed by atoms with Gasteiger partial charge in [0.15, 0.2) is 5.65 Å². The maximum absolute atomic E-state index is 12.0. The normalized spacial score (nSPS) is 10.8. The molecule has 0 aliphatic rings. The van der Waals surface area contributed by atoms with E-state index in [4.69, 9.17) is 5.11 Å². The Morgan fingerprint density at radius 2 is 2.11 bits per heavy atom. The smallest absolute Gasteiger partial charge is 0.353 e. The molecule has 8 heteroatoms. The van der Waals surface area contributed by atoms with Crippen molar-refractivity contribution in [2.24, 2.45) is 0 Å². The first-order valence-electron chi connectivity index (χ1n) is 5.32. The Morgan fingerprint density at radius 1 is 1.44 bits per heavy atom. The van der Waals surface area contributed by atoms with Crippen molar-refractivity contribution in [3.8, 4) is 0 Å². The summed E-state index contributed by atoms with van der Waals surface area (Å²) in [6.07, 6.45) is 0. The number of aryl methyl sites for hydroxylation is 2. The van der Waals surface area contributed by atoms with Crippen LogP contribution in [-0.4, -0.2) is 37.3 Å². The van der Waals surface area contributed by atoms with Gasteiger partial charge in [0.25, 0.3) is 0 Å². The van der Waals surface area contributed by atoms with Crippen LogP contribution >= 0.6 is 0 Å². The van der Waals surface area contributed by atoms with E-state index in [1.54, 1.807) is 20.9 Å². The zero-order valence-corrected chi connectivity index (χ0v) is 10.3. The van der Waals surface area contributed by atoms with E-state index in [1.807, 2.05) is 0 Å². The van der Waals surface area contributed by atoms with Crippen molar-refractivity contribution < 1.29 is 9.90 Å². The molecular formula is C10H13N5O3. The fraction of sp³-hybridized carbons (Fsp3) is 0.400. The van der Waals surface area contributed by atoms with Gasteiger partial charge in [-0.25, -0.2) is 18.9 Å². The number of aliphatic carboxylic acids is 1. The molecule has 2 heterocycles. The highest BCUT2D eigenvalue weighted by atomic mass is 16.4. The zero-order valence-electron chi connectivity index (χ0n) is 10.3. The minimum atomic E-state index is -1.12. The van der Waals surface area contributed by atoms with Crippen LogP contribution in [0.3, 0.4) is 0 Å². The monoisotopic (exact) mass is 251 g/mol. The lowest BCUT2D eigenvalue weighted by Crippen LogP contribution is -2.26. The summed E-state index contributed by atoms with van der Waals surface area (Å²) in [6, 6.07) is 0. The first-order valence-corrected chi connectivity index (χ1v) is 5.32. The van der Waals surface area contributed by atoms with Crippen molar-refractivity contribution >= 4 is 17.6 Å². The molecule has 0 saturated heterocycles. The number of carboxylic acid groups (broad SMARTS) is 1. The summed E-state index contributed by atoms with van der Waals surface area (Å²) in [5.74, 6) is -0.774. The minimum Gasteiger partial charge on any atom is -0.480 e. The quantitative estimate of drug-likeness (QED) is 0.772. The topological polar surface area (TPSA) is 102 Å². The van der Waals surface area contributed by atoms with Gasteiger partial charge in [-0.1, -0.05) is 0 Å². The van der Waals surface area contributed by atoms with E-state index in [9.17, 15) is 9.59 Å². The van der Waals surface area contributed by atoms with Gasteiger partial charge >= 0.3 is 11.7 Å². The molecule has 96 valence electrons. The van der Waals surface area contributed by atoms with Crippen molar-refractivity contribution in [2.45, 2.75) is 20.4 Å². The Balaban J connectivity index is 2.82. The van der Waals surface area contributed by atoms with Crippen LogP contribution in [0.2, 0.25) is 0 Å². The third-order valence-electron chi connectivity index (χ3n) is 2.71. The molecule has 2 aromatic rings. The molecule has 0 unspecified atom stereocenters. The Kier molecular flexibility index (Phi) is 2.77. The number of fused-ring (bicyclic) bond motifs is 1. The maximum atomic E-state index is 12.0. The van der Waals surface area contributed by atoms with Gasteiger partial charge in [-0.05, 0) is 13.8 Å². The van der Waals surface area contributed by atoms with Crippen LogP contribution in [0.25, 0.3) is 5.65 Å². The van der Waals surface area contributed by atoms with E-state index in [1.165, 1.54) is 4.40 Å². The van der Waals surface area contributed by atoms with Gasteiger partial charge in [-0.3, -0.25) is 4.79 Å². The Hall–Kier alpha value is -2.38. The van der Waals surface area contributed by atoms with E-state index in [-0.39, 0.29) is 0 Å². The van der Waals surface area contributed by atoms with Crippen molar-refractivity contribution in [2.75, 3.05) is 12.4 Å². The Bertz CT molecular complexity index is 685. The second-order valence-corrected chi connectivity index (χ2v) is 3.89. The predicted molar refractivity (Wildman–Crippen MR) is 63.9 cm³/mol. The molecular weight excluding hydrogens is 238 g/mol. The SMILES string of the molecule is CNc1nc(C)c(C)c2nn(CC(=O)O)c(=O)n12. The average molecular weight is 251 g/mol. The highest BCUT2D eigenvalue weighted by molar-refractivity contribution is 5.66. The van der Waals surface area contributed by atoms with E-state index in [2.05, 4.69) is 15.4 Å². The number of hydrogen-bond acceptors (Lipinski definition) is 5. The number of anilines is 1. The predicted octanol–water partition coefficient (Wildman–Crippen LogP) is -0.366. The highest BCUT2D eigenvalue weighted by Gasteiger charge is 2.16. The van der Waals surface area contributed by atoms with Gasteiger partial charge in [0.2, 0.25) is 5.95 Å².